The number of nitrogens with one attached hydrogen (secondary N) is 1. The summed E-state index contributed by atoms with van der Waals surface area (Å²) in [5, 5.41) is 75.7. The van der Waals surface area contributed by atoms with Gasteiger partial charge in [0, 0.05) is 0 Å². The summed E-state index contributed by atoms with van der Waals surface area (Å²) >= 11 is 0. The zero-order valence-electron chi connectivity index (χ0n) is 37.3. The molecule has 1 amide bonds. The lowest BCUT2D eigenvalue weighted by atomic mass is 9.98. The molecule has 1 saturated heterocycles. The van der Waals surface area contributed by atoms with Crippen molar-refractivity contribution >= 4 is 5.91 Å². The summed E-state index contributed by atoms with van der Waals surface area (Å²) in [5.41, 5.74) is 0. The minimum Gasteiger partial charge on any atom is -0.394 e. The first-order chi connectivity index (χ1) is 28.2. The van der Waals surface area contributed by atoms with E-state index >= 15 is 0 Å². The van der Waals surface area contributed by atoms with Gasteiger partial charge in [-0.25, -0.2) is 0 Å². The van der Waals surface area contributed by atoms with Crippen molar-refractivity contribution in [1.82, 2.24) is 5.32 Å². The Balaban J connectivity index is 2.38. The van der Waals surface area contributed by atoms with Crippen molar-refractivity contribution in [2.24, 2.45) is 0 Å². The van der Waals surface area contributed by atoms with Crippen LogP contribution in [-0.2, 0) is 14.3 Å². The van der Waals surface area contributed by atoms with E-state index in [9.17, 15) is 40.5 Å². The van der Waals surface area contributed by atoms with Gasteiger partial charge in [-0.2, -0.15) is 0 Å². The number of aliphatic hydroxyl groups excluding tert-OH is 7. The third kappa shape index (κ3) is 27.1. The van der Waals surface area contributed by atoms with E-state index in [0.717, 1.165) is 38.5 Å². The number of rotatable bonds is 41. The maximum Gasteiger partial charge on any atom is 0.249 e. The van der Waals surface area contributed by atoms with Crippen molar-refractivity contribution in [3.63, 3.8) is 0 Å². The van der Waals surface area contributed by atoms with Gasteiger partial charge in [-0.15, -0.1) is 0 Å². The van der Waals surface area contributed by atoms with Gasteiger partial charge in [0.05, 0.1) is 25.4 Å². The number of carbonyl (C=O) groups excluding carboxylic acids is 1. The molecule has 0 radical (unpaired) electrons. The summed E-state index contributed by atoms with van der Waals surface area (Å²) in [6, 6.07) is -1.16. The summed E-state index contributed by atoms with van der Waals surface area (Å²) in [6.45, 7) is 3.44. The fourth-order valence-electron chi connectivity index (χ4n) is 8.09. The Morgan fingerprint density at radius 2 is 0.897 bits per heavy atom. The van der Waals surface area contributed by atoms with Gasteiger partial charge in [0.2, 0.25) is 5.91 Å². The van der Waals surface area contributed by atoms with Crippen LogP contribution in [0.1, 0.15) is 226 Å². The van der Waals surface area contributed by atoms with Crippen LogP contribution in [0.2, 0.25) is 0 Å². The van der Waals surface area contributed by atoms with Crippen molar-refractivity contribution in [1.29, 1.82) is 0 Å². The molecular formula is C47H93NO10. The maximum absolute atomic E-state index is 13.1. The predicted octanol–water partition coefficient (Wildman–Crippen LogP) is 8.28. The van der Waals surface area contributed by atoms with Crippen molar-refractivity contribution in [2.75, 3.05) is 13.2 Å². The number of aliphatic hydroxyl groups is 7. The molecule has 0 aromatic heterocycles. The Labute approximate surface area is 354 Å². The fourth-order valence-corrected chi connectivity index (χ4v) is 8.09. The SMILES string of the molecule is CCCCCCCCCCCCCCCCCCCCCCC(O)C(O)C(COC1OC(CO)C(O)C(O)C1O)NC(=O)C(O)CCCCCCCCCCCCC. The van der Waals surface area contributed by atoms with Crippen LogP contribution in [0.3, 0.4) is 0 Å². The van der Waals surface area contributed by atoms with E-state index in [1.807, 2.05) is 0 Å². The van der Waals surface area contributed by atoms with Crippen LogP contribution in [0.15, 0.2) is 0 Å². The number of hydrogen-bond acceptors (Lipinski definition) is 10. The minimum atomic E-state index is -1.66. The highest BCUT2D eigenvalue weighted by molar-refractivity contribution is 5.80. The van der Waals surface area contributed by atoms with Crippen molar-refractivity contribution in [3.8, 4) is 0 Å². The van der Waals surface area contributed by atoms with Gasteiger partial charge in [0.15, 0.2) is 6.29 Å². The molecule has 8 N–H and O–H groups in total. The molecule has 1 fully saturated rings. The smallest absolute Gasteiger partial charge is 0.249 e. The zero-order chi connectivity index (χ0) is 42.6. The number of hydrogen-bond donors (Lipinski definition) is 8. The third-order valence-electron chi connectivity index (χ3n) is 12.2. The van der Waals surface area contributed by atoms with Crippen LogP contribution in [0.25, 0.3) is 0 Å². The molecule has 11 nitrogen and oxygen atoms in total. The summed E-state index contributed by atoms with van der Waals surface area (Å²) in [7, 11) is 0. The Kier molecular flexibility index (Phi) is 36.0. The van der Waals surface area contributed by atoms with Crippen LogP contribution >= 0.6 is 0 Å². The number of carbonyl (C=O) groups is 1. The van der Waals surface area contributed by atoms with E-state index in [1.165, 1.54) is 148 Å². The number of amides is 1. The minimum absolute atomic E-state index is 0.265. The largest absolute Gasteiger partial charge is 0.394 e. The van der Waals surface area contributed by atoms with Crippen LogP contribution in [-0.4, -0.2) is 110 Å². The van der Waals surface area contributed by atoms with Crippen LogP contribution in [0, 0.1) is 0 Å². The lowest BCUT2D eigenvalue weighted by Crippen LogP contribution is -2.60. The summed E-state index contributed by atoms with van der Waals surface area (Å²) in [5.74, 6) is -0.695. The molecule has 0 bridgehead atoms. The molecule has 0 aromatic rings. The van der Waals surface area contributed by atoms with Gasteiger partial charge >= 0.3 is 0 Å². The summed E-state index contributed by atoms with van der Waals surface area (Å²) in [4.78, 5) is 13.1. The molecule has 0 aliphatic carbocycles. The van der Waals surface area contributed by atoms with Gasteiger partial charge in [-0.1, -0.05) is 213 Å². The molecule has 1 heterocycles. The van der Waals surface area contributed by atoms with E-state index < -0.39 is 74.2 Å². The van der Waals surface area contributed by atoms with E-state index in [4.69, 9.17) is 9.47 Å². The highest BCUT2D eigenvalue weighted by Crippen LogP contribution is 2.23. The quantitative estimate of drug-likeness (QED) is 0.0279. The molecule has 0 saturated carbocycles. The van der Waals surface area contributed by atoms with Crippen LogP contribution in [0.5, 0.6) is 0 Å². The maximum atomic E-state index is 13.1. The second kappa shape index (κ2) is 37.8. The lowest BCUT2D eigenvalue weighted by molar-refractivity contribution is -0.303. The highest BCUT2D eigenvalue weighted by Gasteiger charge is 2.44. The molecule has 0 spiro atoms. The average Bonchev–Trinajstić information content (AvgIpc) is 3.22. The number of ether oxygens (including phenoxy) is 2. The lowest BCUT2D eigenvalue weighted by Gasteiger charge is -2.40. The van der Waals surface area contributed by atoms with E-state index in [1.54, 1.807) is 0 Å². The molecule has 1 rings (SSSR count). The third-order valence-corrected chi connectivity index (χ3v) is 12.2. The second-order valence-corrected chi connectivity index (χ2v) is 17.5. The standard InChI is InChI=1S/C47H93NO10/c1-3-5-7-9-11-13-15-16-17-18-19-20-21-22-23-25-26-28-30-32-34-39(50)42(52)38(37-57-47-45(55)44(54)43(53)41(36-49)58-47)48-46(56)40(51)35-33-31-29-27-24-14-12-10-8-6-4-2/h38-45,47,49-55H,3-37H2,1-2H3,(H,48,56). The second-order valence-electron chi connectivity index (χ2n) is 17.5. The van der Waals surface area contributed by atoms with Gasteiger partial charge < -0.3 is 50.5 Å². The topological polar surface area (TPSA) is 189 Å². The van der Waals surface area contributed by atoms with Gasteiger partial charge in [0.25, 0.3) is 0 Å². The summed E-state index contributed by atoms with van der Waals surface area (Å²) < 4.78 is 11.1. The average molecular weight is 832 g/mol. The zero-order valence-corrected chi connectivity index (χ0v) is 37.3. The van der Waals surface area contributed by atoms with E-state index in [0.29, 0.717) is 19.3 Å². The Morgan fingerprint density at radius 1 is 0.534 bits per heavy atom. The first-order valence-corrected chi connectivity index (χ1v) is 24.4. The van der Waals surface area contributed by atoms with Gasteiger partial charge in [-0.3, -0.25) is 4.79 Å². The monoisotopic (exact) mass is 832 g/mol. The fraction of sp³-hybridized carbons (Fsp3) is 0.979. The molecule has 0 aromatic carbocycles. The van der Waals surface area contributed by atoms with Crippen molar-refractivity contribution in [3.05, 3.63) is 0 Å². The Hall–Kier alpha value is -0.890. The van der Waals surface area contributed by atoms with Crippen LogP contribution < -0.4 is 5.32 Å². The van der Waals surface area contributed by atoms with Gasteiger partial charge in [0.1, 0.15) is 36.6 Å². The molecule has 346 valence electrons. The first-order valence-electron chi connectivity index (χ1n) is 24.4. The first kappa shape index (κ1) is 55.1. The van der Waals surface area contributed by atoms with Crippen molar-refractivity contribution in [2.45, 2.75) is 281 Å². The van der Waals surface area contributed by atoms with Crippen molar-refractivity contribution < 1.29 is 50.0 Å². The Morgan fingerprint density at radius 3 is 1.28 bits per heavy atom. The normalized spacial score (nSPS) is 21.8. The molecular weight excluding hydrogens is 739 g/mol. The molecule has 11 heteroatoms. The molecule has 9 atom stereocenters. The Bertz CT molecular complexity index is 913. The molecule has 9 unspecified atom stereocenters. The molecule has 1 aliphatic rings. The van der Waals surface area contributed by atoms with E-state index in [2.05, 4.69) is 19.2 Å². The van der Waals surface area contributed by atoms with E-state index in [-0.39, 0.29) is 6.42 Å². The summed E-state index contributed by atoms with van der Waals surface area (Å²) in [6.07, 6.45) is 27.3. The predicted molar refractivity (Wildman–Crippen MR) is 233 cm³/mol. The molecule has 1 aliphatic heterocycles. The van der Waals surface area contributed by atoms with Crippen LogP contribution in [0.4, 0.5) is 0 Å². The van der Waals surface area contributed by atoms with Gasteiger partial charge in [-0.05, 0) is 12.8 Å². The molecule has 58 heavy (non-hydrogen) atoms. The highest BCUT2D eigenvalue weighted by atomic mass is 16.7. The number of unbranched alkanes of at least 4 members (excludes halogenated alkanes) is 29.